The Labute approximate surface area is 131 Å². The summed E-state index contributed by atoms with van der Waals surface area (Å²) in [6.07, 6.45) is 0. The number of pyridine rings is 1. The summed E-state index contributed by atoms with van der Waals surface area (Å²) in [6, 6.07) is 12.9. The van der Waals surface area contributed by atoms with Crippen LogP contribution in [0.15, 0.2) is 42.5 Å². The van der Waals surface area contributed by atoms with Crippen molar-refractivity contribution in [3.63, 3.8) is 0 Å². The van der Waals surface area contributed by atoms with E-state index in [2.05, 4.69) is 10.3 Å². The second-order valence-electron chi connectivity index (χ2n) is 5.65. The lowest BCUT2D eigenvalue weighted by Gasteiger charge is -2.14. The summed E-state index contributed by atoms with van der Waals surface area (Å²) < 4.78 is 16.3. The number of carbonyl (C=O) groups is 1. The Morgan fingerprint density at radius 1 is 1.22 bits per heavy atom. The number of carbonyl (C=O) groups excluding carboxylic acids is 1. The summed E-state index contributed by atoms with van der Waals surface area (Å²) in [6.45, 7) is 1.40. The van der Waals surface area contributed by atoms with E-state index in [1.807, 2.05) is 30.3 Å². The van der Waals surface area contributed by atoms with Crippen molar-refractivity contribution in [1.82, 2.24) is 9.55 Å². The number of nitrogens with zero attached hydrogens (tertiary/aromatic N) is 2. The number of anilines is 1. The maximum Gasteiger partial charge on any atom is 0.221 e. The van der Waals surface area contributed by atoms with E-state index in [1.165, 1.54) is 13.0 Å². The molecule has 0 saturated carbocycles. The Morgan fingerprint density at radius 2 is 2.00 bits per heavy atom. The highest BCUT2D eigenvalue weighted by Gasteiger charge is 2.18. The molecule has 2 heterocycles. The van der Waals surface area contributed by atoms with Crippen molar-refractivity contribution < 1.29 is 9.18 Å². The molecule has 1 amide bonds. The van der Waals surface area contributed by atoms with E-state index in [9.17, 15) is 9.18 Å². The molecule has 0 aliphatic carbocycles. The van der Waals surface area contributed by atoms with Crippen LogP contribution in [0.3, 0.4) is 0 Å². The van der Waals surface area contributed by atoms with Crippen LogP contribution in [0.1, 0.15) is 6.92 Å². The first kappa shape index (κ1) is 13.7. The fourth-order valence-corrected chi connectivity index (χ4v) is 3.11. The van der Waals surface area contributed by atoms with Gasteiger partial charge in [-0.2, -0.15) is 0 Å². The van der Waals surface area contributed by atoms with Crippen LogP contribution in [-0.2, 0) is 11.8 Å². The van der Waals surface area contributed by atoms with E-state index >= 15 is 0 Å². The lowest BCUT2D eigenvalue weighted by Crippen LogP contribution is -2.07. The molecule has 0 fully saturated rings. The number of aromatic nitrogens is 2. The Kier molecular flexibility index (Phi) is 2.84. The molecule has 0 unspecified atom stereocenters. The van der Waals surface area contributed by atoms with Crippen molar-refractivity contribution in [2.75, 3.05) is 5.32 Å². The van der Waals surface area contributed by atoms with Gasteiger partial charge < -0.3 is 9.88 Å². The van der Waals surface area contributed by atoms with Crippen molar-refractivity contribution >= 4 is 33.4 Å². The fourth-order valence-electron chi connectivity index (χ4n) is 3.11. The van der Waals surface area contributed by atoms with Crippen molar-refractivity contribution in [1.29, 1.82) is 0 Å². The molecule has 2 aliphatic rings. The normalized spacial score (nSPS) is 11.4. The number of nitrogens with one attached hydrogen (secondary N) is 1. The van der Waals surface area contributed by atoms with Gasteiger partial charge in [-0.1, -0.05) is 18.2 Å². The highest BCUT2D eigenvalue weighted by molar-refractivity contribution is 6.02. The molecule has 0 radical (unpaired) electrons. The first-order valence-corrected chi connectivity index (χ1v) is 7.29. The standard InChI is InChI=1S/C18H14FN3O/c1-10(23)20-12-7-11-8-14-13-5-3-4-6-16(13)21-18(14)22(2)17(11)15(19)9-12/h3-9H,1-2H3,(H,20,23). The highest BCUT2D eigenvalue weighted by atomic mass is 19.1. The van der Waals surface area contributed by atoms with Gasteiger partial charge in [0.1, 0.15) is 11.6 Å². The fraction of sp³-hybridized carbons (Fsp3) is 0.111. The van der Waals surface area contributed by atoms with Crippen LogP contribution in [0.25, 0.3) is 33.2 Å². The third-order valence-electron chi connectivity index (χ3n) is 4.03. The summed E-state index contributed by atoms with van der Waals surface area (Å²) >= 11 is 0. The number of hydrogen-bond donors (Lipinski definition) is 1. The summed E-state index contributed by atoms with van der Waals surface area (Å²) in [5.74, 6) is 0.127. The molecule has 0 saturated heterocycles. The number of amides is 1. The summed E-state index contributed by atoms with van der Waals surface area (Å²) in [5.41, 5.74) is 2.77. The lowest BCUT2D eigenvalue weighted by molar-refractivity contribution is -0.114. The molecule has 2 aromatic carbocycles. The van der Waals surface area contributed by atoms with Crippen molar-refractivity contribution in [3.8, 4) is 11.4 Å². The number of hydrogen-bond acceptors (Lipinski definition) is 2. The third kappa shape index (κ3) is 2.04. The molecule has 0 spiro atoms. The van der Waals surface area contributed by atoms with Crippen molar-refractivity contribution in [2.45, 2.75) is 6.92 Å². The quantitative estimate of drug-likeness (QED) is 0.579. The van der Waals surface area contributed by atoms with E-state index in [0.717, 1.165) is 27.7 Å². The minimum atomic E-state index is -0.386. The van der Waals surface area contributed by atoms with Gasteiger partial charge in [0.25, 0.3) is 0 Å². The minimum absolute atomic E-state index is 0.227. The summed E-state index contributed by atoms with van der Waals surface area (Å²) in [4.78, 5) is 15.8. The molecule has 114 valence electrons. The minimum Gasteiger partial charge on any atom is -0.326 e. The number of benzene rings is 2. The summed E-state index contributed by atoms with van der Waals surface area (Å²) in [5, 5.41) is 4.39. The molecule has 4 nitrogen and oxygen atoms in total. The second kappa shape index (κ2) is 4.78. The van der Waals surface area contributed by atoms with Gasteiger partial charge in [-0.25, -0.2) is 9.37 Å². The topological polar surface area (TPSA) is 46.9 Å². The number of aryl methyl sites for hydroxylation is 1. The molecule has 1 N–H and O–H groups in total. The van der Waals surface area contributed by atoms with Gasteiger partial charge >= 0.3 is 0 Å². The molecule has 0 atom stereocenters. The van der Waals surface area contributed by atoms with Crippen molar-refractivity contribution in [2.24, 2.45) is 7.05 Å². The predicted octanol–water partition coefficient (Wildman–Crippen LogP) is 3.93. The SMILES string of the molecule is CC(=O)Nc1cc(F)c2c(c1)cc1c3ccccc3nc-1n2C. The second-order valence-corrected chi connectivity index (χ2v) is 5.65. The van der Waals surface area contributed by atoms with Crippen LogP contribution in [0.2, 0.25) is 0 Å². The van der Waals surface area contributed by atoms with Crippen LogP contribution in [0.5, 0.6) is 0 Å². The maximum absolute atomic E-state index is 14.5. The molecule has 0 bridgehead atoms. The van der Waals surface area contributed by atoms with Crippen LogP contribution in [-0.4, -0.2) is 15.5 Å². The maximum atomic E-state index is 14.5. The lowest BCUT2D eigenvalue weighted by atomic mass is 10.1. The van der Waals surface area contributed by atoms with Gasteiger partial charge in [-0.15, -0.1) is 0 Å². The van der Waals surface area contributed by atoms with E-state index in [-0.39, 0.29) is 11.7 Å². The molecular formula is C18H14FN3O. The van der Waals surface area contributed by atoms with Crippen LogP contribution < -0.4 is 5.32 Å². The zero-order chi connectivity index (χ0) is 16.1. The van der Waals surface area contributed by atoms with Gasteiger partial charge in [0, 0.05) is 36.0 Å². The van der Waals surface area contributed by atoms with Gasteiger partial charge in [0.05, 0.1) is 11.0 Å². The zero-order valence-corrected chi connectivity index (χ0v) is 12.7. The molecule has 0 aromatic heterocycles. The Balaban J connectivity index is 2.11. The first-order valence-electron chi connectivity index (χ1n) is 7.29. The average molecular weight is 307 g/mol. The Bertz CT molecular complexity index is 1050. The number of halogens is 1. The highest BCUT2D eigenvalue weighted by Crippen LogP contribution is 2.35. The van der Waals surface area contributed by atoms with Crippen LogP contribution >= 0.6 is 0 Å². The predicted molar refractivity (Wildman–Crippen MR) is 89.1 cm³/mol. The Morgan fingerprint density at radius 3 is 2.78 bits per heavy atom. The number of fused-ring (bicyclic) bond motifs is 4. The van der Waals surface area contributed by atoms with Gasteiger partial charge in [-0.05, 0) is 24.3 Å². The van der Waals surface area contributed by atoms with E-state index in [4.69, 9.17) is 0 Å². The van der Waals surface area contributed by atoms with Gasteiger partial charge in [-0.3, -0.25) is 4.79 Å². The number of para-hydroxylation sites is 1. The smallest absolute Gasteiger partial charge is 0.221 e. The largest absolute Gasteiger partial charge is 0.326 e. The zero-order valence-electron chi connectivity index (χ0n) is 12.7. The average Bonchev–Trinajstić information content (AvgIpc) is 2.85. The molecule has 2 aromatic rings. The first-order chi connectivity index (χ1) is 11.0. The number of rotatable bonds is 1. The van der Waals surface area contributed by atoms with E-state index in [1.54, 1.807) is 17.7 Å². The molecule has 2 aliphatic heterocycles. The van der Waals surface area contributed by atoms with E-state index < -0.39 is 0 Å². The van der Waals surface area contributed by atoms with Gasteiger partial charge in [0.15, 0.2) is 0 Å². The molecule has 4 rings (SSSR count). The third-order valence-corrected chi connectivity index (χ3v) is 4.03. The molecular weight excluding hydrogens is 293 g/mol. The monoisotopic (exact) mass is 307 g/mol. The van der Waals surface area contributed by atoms with Crippen LogP contribution in [0.4, 0.5) is 10.1 Å². The summed E-state index contributed by atoms with van der Waals surface area (Å²) in [7, 11) is 1.80. The van der Waals surface area contributed by atoms with Crippen LogP contribution in [0, 0.1) is 5.82 Å². The molecule has 23 heavy (non-hydrogen) atoms. The van der Waals surface area contributed by atoms with E-state index in [0.29, 0.717) is 11.2 Å². The molecule has 5 heteroatoms. The Hall–Kier alpha value is -2.95. The van der Waals surface area contributed by atoms with Gasteiger partial charge in [0.2, 0.25) is 5.91 Å². The van der Waals surface area contributed by atoms with Crippen molar-refractivity contribution in [3.05, 3.63) is 48.3 Å².